The lowest BCUT2D eigenvalue weighted by atomic mass is 10.00. The van der Waals surface area contributed by atoms with Gasteiger partial charge in [0, 0.05) is 24.1 Å². The first kappa shape index (κ1) is 14.0. The van der Waals surface area contributed by atoms with Gasteiger partial charge >= 0.3 is 0 Å². The van der Waals surface area contributed by atoms with Crippen LogP contribution in [0.1, 0.15) is 23.6 Å². The van der Waals surface area contributed by atoms with E-state index in [0.29, 0.717) is 6.04 Å². The van der Waals surface area contributed by atoms with Crippen molar-refractivity contribution < 1.29 is 9.47 Å². The number of benzene rings is 2. The van der Waals surface area contributed by atoms with Gasteiger partial charge in [-0.05, 0) is 24.6 Å². The van der Waals surface area contributed by atoms with E-state index in [1.165, 1.54) is 11.1 Å². The largest absolute Gasteiger partial charge is 0.497 e. The van der Waals surface area contributed by atoms with Crippen molar-refractivity contribution in [3.8, 4) is 11.5 Å². The Morgan fingerprint density at radius 2 is 2.05 bits per heavy atom. The van der Waals surface area contributed by atoms with Crippen molar-refractivity contribution in [2.75, 3.05) is 20.3 Å². The molecule has 0 amide bonds. The molecule has 21 heavy (non-hydrogen) atoms. The molecule has 1 aliphatic heterocycles. The number of hydrogen-bond donors (Lipinski definition) is 1. The van der Waals surface area contributed by atoms with Crippen LogP contribution in [0.25, 0.3) is 0 Å². The molecule has 1 unspecified atom stereocenters. The molecular weight excluding hydrogens is 262 g/mol. The summed E-state index contributed by atoms with van der Waals surface area (Å²) in [6.45, 7) is 1.73. The van der Waals surface area contributed by atoms with Crippen molar-refractivity contribution in [2.45, 2.75) is 18.9 Å². The third kappa shape index (κ3) is 3.37. The molecule has 2 aromatic carbocycles. The van der Waals surface area contributed by atoms with Crippen molar-refractivity contribution in [2.24, 2.45) is 0 Å². The van der Waals surface area contributed by atoms with Crippen molar-refractivity contribution in [1.29, 1.82) is 0 Å². The third-order valence-electron chi connectivity index (χ3n) is 3.91. The van der Waals surface area contributed by atoms with Gasteiger partial charge in [-0.15, -0.1) is 0 Å². The van der Waals surface area contributed by atoms with Crippen LogP contribution in [0.15, 0.2) is 48.5 Å². The average molecular weight is 283 g/mol. The van der Waals surface area contributed by atoms with Gasteiger partial charge in [-0.2, -0.15) is 0 Å². The lowest BCUT2D eigenvalue weighted by molar-refractivity contribution is 0.251. The van der Waals surface area contributed by atoms with Crippen molar-refractivity contribution in [1.82, 2.24) is 5.32 Å². The molecule has 1 atom stereocenters. The Morgan fingerprint density at radius 1 is 1.19 bits per heavy atom. The Bertz CT molecular complexity index is 583. The minimum absolute atomic E-state index is 0.364. The van der Waals surface area contributed by atoms with Gasteiger partial charge in [0.15, 0.2) is 0 Å². The zero-order valence-electron chi connectivity index (χ0n) is 12.3. The second-order valence-electron chi connectivity index (χ2n) is 5.28. The molecule has 2 aromatic rings. The molecule has 0 saturated carbocycles. The van der Waals surface area contributed by atoms with E-state index in [9.17, 15) is 0 Å². The summed E-state index contributed by atoms with van der Waals surface area (Å²) in [6, 6.07) is 17.0. The second-order valence-corrected chi connectivity index (χ2v) is 5.28. The Morgan fingerprint density at radius 3 is 2.86 bits per heavy atom. The highest BCUT2D eigenvalue weighted by Gasteiger charge is 2.21. The van der Waals surface area contributed by atoms with Crippen molar-refractivity contribution in [3.05, 3.63) is 59.7 Å². The average Bonchev–Trinajstić information content (AvgIpc) is 2.55. The van der Waals surface area contributed by atoms with Crippen LogP contribution in [0.4, 0.5) is 0 Å². The molecule has 0 bridgehead atoms. The normalized spacial score (nSPS) is 16.9. The number of fused-ring (bicyclic) bond motifs is 1. The fourth-order valence-electron chi connectivity index (χ4n) is 2.74. The molecule has 3 nitrogen and oxygen atoms in total. The molecule has 0 radical (unpaired) electrons. The number of hydrogen-bond acceptors (Lipinski definition) is 3. The summed E-state index contributed by atoms with van der Waals surface area (Å²) in [5.74, 6) is 1.79. The van der Waals surface area contributed by atoms with Crippen molar-refractivity contribution in [3.63, 3.8) is 0 Å². The number of nitrogens with one attached hydrogen (secondary N) is 1. The molecule has 0 aromatic heterocycles. The molecule has 0 fully saturated rings. The van der Waals surface area contributed by atoms with E-state index in [2.05, 4.69) is 41.7 Å². The second kappa shape index (κ2) is 6.64. The summed E-state index contributed by atoms with van der Waals surface area (Å²) in [5.41, 5.74) is 2.60. The predicted octanol–water partition coefficient (Wildman–Crippen LogP) is 3.35. The zero-order valence-corrected chi connectivity index (χ0v) is 12.3. The van der Waals surface area contributed by atoms with Gasteiger partial charge in [0.25, 0.3) is 0 Å². The molecule has 1 N–H and O–H groups in total. The van der Waals surface area contributed by atoms with Crippen molar-refractivity contribution >= 4 is 0 Å². The zero-order chi connectivity index (χ0) is 14.5. The summed E-state index contributed by atoms with van der Waals surface area (Å²) in [5, 5.41) is 3.64. The van der Waals surface area contributed by atoms with E-state index >= 15 is 0 Å². The van der Waals surface area contributed by atoms with E-state index in [1.54, 1.807) is 7.11 Å². The molecule has 1 heterocycles. The Labute approximate surface area is 125 Å². The molecule has 3 heteroatoms. The molecular formula is C18H21NO2. The lowest BCUT2D eigenvalue weighted by Gasteiger charge is -2.27. The summed E-state index contributed by atoms with van der Waals surface area (Å²) < 4.78 is 11.0. The third-order valence-corrected chi connectivity index (χ3v) is 3.91. The molecule has 0 spiro atoms. The van der Waals surface area contributed by atoms with Crippen LogP contribution >= 0.6 is 0 Å². The summed E-state index contributed by atoms with van der Waals surface area (Å²) in [4.78, 5) is 0. The number of ether oxygens (including phenoxy) is 2. The van der Waals surface area contributed by atoms with E-state index < -0.39 is 0 Å². The summed E-state index contributed by atoms with van der Waals surface area (Å²) in [6.07, 6.45) is 2.05. The minimum atomic E-state index is 0.364. The first-order valence-electron chi connectivity index (χ1n) is 7.45. The molecule has 1 aliphatic rings. The van der Waals surface area contributed by atoms with Gasteiger partial charge < -0.3 is 14.8 Å². The first-order chi connectivity index (χ1) is 10.4. The van der Waals surface area contributed by atoms with E-state index in [4.69, 9.17) is 9.47 Å². The van der Waals surface area contributed by atoms with Gasteiger partial charge in [-0.25, -0.2) is 0 Å². The highest BCUT2D eigenvalue weighted by molar-refractivity contribution is 5.43. The number of methoxy groups -OCH3 is 1. The monoisotopic (exact) mass is 283 g/mol. The summed E-state index contributed by atoms with van der Waals surface area (Å²) >= 11 is 0. The van der Waals surface area contributed by atoms with Crippen LogP contribution in [0.3, 0.4) is 0 Å². The fraction of sp³-hybridized carbons (Fsp3) is 0.333. The smallest absolute Gasteiger partial charge is 0.127 e. The fourth-order valence-corrected chi connectivity index (χ4v) is 2.74. The maximum Gasteiger partial charge on any atom is 0.127 e. The van der Waals surface area contributed by atoms with Crippen LogP contribution in [0.2, 0.25) is 0 Å². The first-order valence-corrected chi connectivity index (χ1v) is 7.45. The Hall–Kier alpha value is -2.00. The standard InChI is InChI=1S/C18H21NO2/c1-20-15-7-8-16-17(10-12-21-18(16)13-15)19-11-9-14-5-3-2-4-6-14/h2-8,13,17,19H,9-12H2,1H3. The predicted molar refractivity (Wildman–Crippen MR) is 84.0 cm³/mol. The van der Waals surface area contributed by atoms with Crippen LogP contribution in [0.5, 0.6) is 11.5 Å². The van der Waals surface area contributed by atoms with Crippen LogP contribution in [-0.2, 0) is 6.42 Å². The number of rotatable bonds is 5. The Balaban J connectivity index is 1.62. The highest BCUT2D eigenvalue weighted by atomic mass is 16.5. The lowest BCUT2D eigenvalue weighted by Crippen LogP contribution is -2.28. The molecule has 3 rings (SSSR count). The quantitative estimate of drug-likeness (QED) is 0.913. The summed E-state index contributed by atoms with van der Waals surface area (Å²) in [7, 11) is 1.68. The van der Waals surface area contributed by atoms with E-state index in [1.807, 2.05) is 12.1 Å². The van der Waals surface area contributed by atoms with E-state index in [-0.39, 0.29) is 0 Å². The SMILES string of the molecule is COc1ccc2c(c1)OCCC2NCCc1ccccc1. The van der Waals surface area contributed by atoms with Gasteiger partial charge in [0.2, 0.25) is 0 Å². The maximum atomic E-state index is 5.74. The van der Waals surface area contributed by atoms with Gasteiger partial charge in [-0.1, -0.05) is 36.4 Å². The van der Waals surface area contributed by atoms with E-state index in [0.717, 1.165) is 37.5 Å². The van der Waals surface area contributed by atoms with Crippen LogP contribution < -0.4 is 14.8 Å². The van der Waals surface area contributed by atoms with Crippen LogP contribution in [0, 0.1) is 0 Å². The minimum Gasteiger partial charge on any atom is -0.497 e. The highest BCUT2D eigenvalue weighted by Crippen LogP contribution is 2.34. The molecule has 110 valence electrons. The molecule has 0 saturated heterocycles. The topological polar surface area (TPSA) is 30.5 Å². The maximum absolute atomic E-state index is 5.74. The molecule has 0 aliphatic carbocycles. The van der Waals surface area contributed by atoms with Crippen LogP contribution in [-0.4, -0.2) is 20.3 Å². The van der Waals surface area contributed by atoms with Gasteiger partial charge in [0.1, 0.15) is 11.5 Å². The van der Waals surface area contributed by atoms with Gasteiger partial charge in [0.05, 0.1) is 13.7 Å². The van der Waals surface area contributed by atoms with Gasteiger partial charge in [-0.3, -0.25) is 0 Å². The Kier molecular flexibility index (Phi) is 4.41.